The van der Waals surface area contributed by atoms with Crippen molar-refractivity contribution >= 4 is 44.8 Å². The lowest BCUT2D eigenvalue weighted by atomic mass is 10.2. The predicted molar refractivity (Wildman–Crippen MR) is 90.1 cm³/mol. The maximum absolute atomic E-state index is 12.2. The Morgan fingerprint density at radius 2 is 2.10 bits per heavy atom. The van der Waals surface area contributed by atoms with Crippen molar-refractivity contribution in [1.82, 2.24) is 4.98 Å². The second kappa shape index (κ2) is 7.43. The molecule has 4 nitrogen and oxygen atoms in total. The Kier molecular flexibility index (Phi) is 5.59. The summed E-state index contributed by atoms with van der Waals surface area (Å²) in [6.45, 7) is 2.94. The van der Waals surface area contributed by atoms with Crippen molar-refractivity contribution in [3.63, 3.8) is 0 Å². The molecule has 0 radical (unpaired) electrons. The van der Waals surface area contributed by atoms with Crippen molar-refractivity contribution in [3.05, 3.63) is 51.7 Å². The van der Waals surface area contributed by atoms with E-state index in [0.29, 0.717) is 16.4 Å². The maximum Gasteiger partial charge on any atom is 0.274 e. The molecule has 0 atom stereocenters. The highest BCUT2D eigenvalue weighted by Gasteiger charge is 2.09. The number of pyridine rings is 1. The molecule has 2 N–H and O–H groups in total. The standard InChI is InChI=1S/C15H15BrClN3O/c1-2-6-18-10-5-7-19-14(9-10)15(21)20-11-3-4-12(16)13(17)8-11/h3-5,7-9H,2,6H2,1H3,(H,18,19)(H,20,21). The molecule has 110 valence electrons. The number of anilines is 2. The maximum atomic E-state index is 12.2. The average molecular weight is 369 g/mol. The summed E-state index contributed by atoms with van der Waals surface area (Å²) >= 11 is 9.31. The number of rotatable bonds is 5. The van der Waals surface area contributed by atoms with Gasteiger partial charge in [-0.1, -0.05) is 18.5 Å². The summed E-state index contributed by atoms with van der Waals surface area (Å²) < 4.78 is 0.783. The lowest BCUT2D eigenvalue weighted by Gasteiger charge is -2.08. The zero-order valence-electron chi connectivity index (χ0n) is 11.5. The summed E-state index contributed by atoms with van der Waals surface area (Å²) in [6.07, 6.45) is 2.63. The van der Waals surface area contributed by atoms with Crippen LogP contribution in [-0.2, 0) is 0 Å². The zero-order valence-corrected chi connectivity index (χ0v) is 13.8. The van der Waals surface area contributed by atoms with Gasteiger partial charge in [0.15, 0.2) is 0 Å². The van der Waals surface area contributed by atoms with Crippen molar-refractivity contribution in [2.75, 3.05) is 17.2 Å². The second-order valence-electron chi connectivity index (χ2n) is 4.44. The van der Waals surface area contributed by atoms with Gasteiger partial charge in [0.25, 0.3) is 5.91 Å². The van der Waals surface area contributed by atoms with E-state index in [-0.39, 0.29) is 5.91 Å². The highest BCUT2D eigenvalue weighted by molar-refractivity contribution is 9.10. The molecule has 2 rings (SSSR count). The Hall–Kier alpha value is -1.59. The van der Waals surface area contributed by atoms with Crippen molar-refractivity contribution in [2.24, 2.45) is 0 Å². The number of halogens is 2. The molecule has 2 aromatic rings. The highest BCUT2D eigenvalue weighted by Crippen LogP contribution is 2.25. The molecule has 1 amide bonds. The first-order valence-corrected chi connectivity index (χ1v) is 7.73. The van der Waals surface area contributed by atoms with Gasteiger partial charge < -0.3 is 10.6 Å². The van der Waals surface area contributed by atoms with E-state index in [1.54, 1.807) is 30.5 Å². The number of hydrogen-bond acceptors (Lipinski definition) is 3. The van der Waals surface area contributed by atoms with E-state index in [1.165, 1.54) is 0 Å². The van der Waals surface area contributed by atoms with Crippen LogP contribution in [0.3, 0.4) is 0 Å². The molecule has 0 spiro atoms. The van der Waals surface area contributed by atoms with Crippen LogP contribution in [0, 0.1) is 0 Å². The number of carbonyl (C=O) groups excluding carboxylic acids is 1. The molecule has 0 saturated heterocycles. The average Bonchev–Trinajstić information content (AvgIpc) is 2.49. The largest absolute Gasteiger partial charge is 0.385 e. The Bertz CT molecular complexity index is 649. The van der Waals surface area contributed by atoms with E-state index in [9.17, 15) is 4.79 Å². The summed E-state index contributed by atoms with van der Waals surface area (Å²) in [5.41, 5.74) is 1.86. The molecule has 0 bridgehead atoms. The van der Waals surface area contributed by atoms with Gasteiger partial charge in [-0.2, -0.15) is 0 Å². The first kappa shape index (κ1) is 15.8. The van der Waals surface area contributed by atoms with E-state index in [1.807, 2.05) is 6.07 Å². The predicted octanol–water partition coefficient (Wildman–Crippen LogP) is 4.57. The van der Waals surface area contributed by atoms with Crippen LogP contribution in [0.1, 0.15) is 23.8 Å². The van der Waals surface area contributed by atoms with Crippen LogP contribution in [0.2, 0.25) is 5.02 Å². The number of benzene rings is 1. The molecule has 1 aromatic heterocycles. The Balaban J connectivity index is 2.10. The highest BCUT2D eigenvalue weighted by atomic mass is 79.9. The molecule has 1 heterocycles. The van der Waals surface area contributed by atoms with Crippen LogP contribution in [-0.4, -0.2) is 17.4 Å². The molecular weight excluding hydrogens is 354 g/mol. The third kappa shape index (κ3) is 4.44. The van der Waals surface area contributed by atoms with Gasteiger partial charge in [0.05, 0.1) is 5.02 Å². The molecule has 6 heteroatoms. The van der Waals surface area contributed by atoms with Crippen LogP contribution in [0.25, 0.3) is 0 Å². The SMILES string of the molecule is CCCNc1ccnc(C(=O)Nc2ccc(Br)c(Cl)c2)c1. The number of amides is 1. The first-order chi connectivity index (χ1) is 10.1. The summed E-state index contributed by atoms with van der Waals surface area (Å²) in [7, 11) is 0. The van der Waals surface area contributed by atoms with E-state index in [2.05, 4.69) is 38.5 Å². The van der Waals surface area contributed by atoms with Crippen LogP contribution in [0.4, 0.5) is 11.4 Å². The molecule has 0 unspecified atom stereocenters. The van der Waals surface area contributed by atoms with E-state index in [0.717, 1.165) is 23.1 Å². The molecular formula is C15H15BrClN3O. The topological polar surface area (TPSA) is 54.0 Å². The molecule has 0 aliphatic heterocycles. The fraction of sp³-hybridized carbons (Fsp3) is 0.200. The van der Waals surface area contributed by atoms with Gasteiger partial charge in [0.2, 0.25) is 0 Å². The zero-order chi connectivity index (χ0) is 15.2. The van der Waals surface area contributed by atoms with Crippen molar-refractivity contribution < 1.29 is 4.79 Å². The number of aromatic nitrogens is 1. The van der Waals surface area contributed by atoms with Gasteiger partial charge in [0, 0.05) is 28.6 Å². The molecule has 0 aliphatic carbocycles. The minimum absolute atomic E-state index is 0.270. The third-order valence-electron chi connectivity index (χ3n) is 2.75. The van der Waals surface area contributed by atoms with Gasteiger partial charge >= 0.3 is 0 Å². The van der Waals surface area contributed by atoms with Gasteiger partial charge in [-0.05, 0) is 52.7 Å². The van der Waals surface area contributed by atoms with Crippen molar-refractivity contribution in [3.8, 4) is 0 Å². The van der Waals surface area contributed by atoms with E-state index < -0.39 is 0 Å². The van der Waals surface area contributed by atoms with Gasteiger partial charge in [-0.15, -0.1) is 0 Å². The van der Waals surface area contributed by atoms with Crippen molar-refractivity contribution in [2.45, 2.75) is 13.3 Å². The summed E-state index contributed by atoms with van der Waals surface area (Å²) in [5.74, 6) is -0.270. The van der Waals surface area contributed by atoms with Crippen molar-refractivity contribution in [1.29, 1.82) is 0 Å². The minimum atomic E-state index is -0.270. The van der Waals surface area contributed by atoms with Crippen LogP contribution >= 0.6 is 27.5 Å². The molecule has 0 aliphatic rings. The van der Waals surface area contributed by atoms with Crippen LogP contribution in [0.5, 0.6) is 0 Å². The second-order valence-corrected chi connectivity index (χ2v) is 5.70. The lowest BCUT2D eigenvalue weighted by molar-refractivity contribution is 0.102. The number of hydrogen-bond donors (Lipinski definition) is 2. The fourth-order valence-electron chi connectivity index (χ4n) is 1.70. The first-order valence-electron chi connectivity index (χ1n) is 6.56. The third-order valence-corrected chi connectivity index (χ3v) is 3.98. The number of carbonyl (C=O) groups is 1. The molecule has 0 saturated carbocycles. The van der Waals surface area contributed by atoms with Gasteiger partial charge in [0.1, 0.15) is 5.69 Å². The summed E-state index contributed by atoms with van der Waals surface area (Å²) in [6, 6.07) is 8.80. The van der Waals surface area contributed by atoms with E-state index in [4.69, 9.17) is 11.6 Å². The van der Waals surface area contributed by atoms with Gasteiger partial charge in [-0.25, -0.2) is 0 Å². The van der Waals surface area contributed by atoms with Gasteiger partial charge in [-0.3, -0.25) is 9.78 Å². The Morgan fingerprint density at radius 1 is 1.29 bits per heavy atom. The fourth-order valence-corrected chi connectivity index (χ4v) is 2.13. The van der Waals surface area contributed by atoms with Crippen LogP contribution < -0.4 is 10.6 Å². The normalized spacial score (nSPS) is 10.2. The molecule has 21 heavy (non-hydrogen) atoms. The number of nitrogens with zero attached hydrogens (tertiary/aromatic N) is 1. The van der Waals surface area contributed by atoms with Crippen LogP contribution in [0.15, 0.2) is 41.0 Å². The number of nitrogens with one attached hydrogen (secondary N) is 2. The monoisotopic (exact) mass is 367 g/mol. The Labute approximate surface area is 137 Å². The molecule has 0 fully saturated rings. The lowest BCUT2D eigenvalue weighted by Crippen LogP contribution is -2.14. The summed E-state index contributed by atoms with van der Waals surface area (Å²) in [4.78, 5) is 16.3. The smallest absolute Gasteiger partial charge is 0.274 e. The molecule has 1 aromatic carbocycles. The summed E-state index contributed by atoms with van der Waals surface area (Å²) in [5, 5.41) is 6.54. The Morgan fingerprint density at radius 3 is 2.81 bits per heavy atom. The minimum Gasteiger partial charge on any atom is -0.385 e. The quantitative estimate of drug-likeness (QED) is 0.812. The van der Waals surface area contributed by atoms with E-state index >= 15 is 0 Å².